The first kappa shape index (κ1) is 22.5. The molecule has 9 heteroatoms. The van der Waals surface area contributed by atoms with Crippen molar-refractivity contribution >= 4 is 17.7 Å². The second kappa shape index (κ2) is 11.8. The Bertz CT molecular complexity index is 1000. The highest BCUT2D eigenvalue weighted by atomic mass is 32.2. The van der Waals surface area contributed by atoms with Gasteiger partial charge >= 0.3 is 5.69 Å². The van der Waals surface area contributed by atoms with E-state index < -0.39 is 0 Å². The van der Waals surface area contributed by atoms with Crippen LogP contribution in [0.25, 0.3) is 0 Å². The van der Waals surface area contributed by atoms with E-state index in [0.29, 0.717) is 43.6 Å². The Morgan fingerprint density at radius 3 is 2.52 bits per heavy atom. The molecule has 1 amide bonds. The molecule has 8 nitrogen and oxygen atoms in total. The summed E-state index contributed by atoms with van der Waals surface area (Å²) in [6.45, 7) is 3.79. The lowest BCUT2D eigenvalue weighted by Crippen LogP contribution is -2.29. The third-order valence-corrected chi connectivity index (χ3v) is 5.33. The SMILES string of the molecule is CCOc1ccc(OCCNC(=O)CSc2n[nH]c(=O)n2CCc2ccccc2)cc1. The van der Waals surface area contributed by atoms with Crippen LogP contribution in [0.15, 0.2) is 64.5 Å². The molecule has 31 heavy (non-hydrogen) atoms. The Labute approximate surface area is 185 Å². The lowest BCUT2D eigenvalue weighted by molar-refractivity contribution is -0.118. The Hall–Kier alpha value is -3.20. The molecule has 0 unspecified atom stereocenters. The van der Waals surface area contributed by atoms with Gasteiger partial charge in [0.1, 0.15) is 18.1 Å². The Morgan fingerprint density at radius 1 is 1.10 bits per heavy atom. The maximum absolute atomic E-state index is 12.1. The number of nitrogens with one attached hydrogen (secondary N) is 2. The van der Waals surface area contributed by atoms with Crippen molar-refractivity contribution < 1.29 is 14.3 Å². The predicted octanol–water partition coefficient (Wildman–Crippen LogP) is 2.50. The van der Waals surface area contributed by atoms with Crippen LogP contribution in [0.3, 0.4) is 0 Å². The number of carbonyl (C=O) groups excluding carboxylic acids is 1. The number of benzene rings is 2. The summed E-state index contributed by atoms with van der Waals surface area (Å²) in [6, 6.07) is 17.3. The van der Waals surface area contributed by atoms with Crippen molar-refractivity contribution in [3.8, 4) is 11.5 Å². The molecule has 0 saturated carbocycles. The summed E-state index contributed by atoms with van der Waals surface area (Å²) in [5, 5.41) is 9.79. The van der Waals surface area contributed by atoms with Crippen LogP contribution >= 0.6 is 11.8 Å². The molecule has 0 atom stereocenters. The maximum Gasteiger partial charge on any atom is 0.343 e. The van der Waals surface area contributed by atoms with E-state index in [4.69, 9.17) is 9.47 Å². The number of carbonyl (C=O) groups is 1. The van der Waals surface area contributed by atoms with Crippen molar-refractivity contribution in [1.29, 1.82) is 0 Å². The van der Waals surface area contributed by atoms with E-state index in [1.54, 1.807) is 4.57 Å². The highest BCUT2D eigenvalue weighted by Crippen LogP contribution is 2.17. The molecule has 2 aromatic carbocycles. The number of rotatable bonds is 12. The Kier molecular flexibility index (Phi) is 8.59. The minimum absolute atomic E-state index is 0.148. The molecule has 0 saturated heterocycles. The molecule has 2 N–H and O–H groups in total. The molecule has 1 aromatic heterocycles. The number of hydrogen-bond acceptors (Lipinski definition) is 6. The number of amides is 1. The largest absolute Gasteiger partial charge is 0.494 e. The van der Waals surface area contributed by atoms with Crippen LogP contribution < -0.4 is 20.5 Å². The van der Waals surface area contributed by atoms with E-state index in [1.165, 1.54) is 11.8 Å². The zero-order valence-electron chi connectivity index (χ0n) is 17.4. The van der Waals surface area contributed by atoms with Crippen molar-refractivity contribution in [3.05, 3.63) is 70.6 Å². The van der Waals surface area contributed by atoms with Crippen LogP contribution in [0.2, 0.25) is 0 Å². The van der Waals surface area contributed by atoms with E-state index in [0.717, 1.165) is 11.3 Å². The normalized spacial score (nSPS) is 10.6. The standard InChI is InChI=1S/C22H26N4O4S/c1-2-29-18-8-10-19(11-9-18)30-15-13-23-20(27)16-31-22-25-24-21(28)26(22)14-12-17-6-4-3-5-7-17/h3-11H,2,12-16H2,1H3,(H,23,27)(H,24,28). The first-order valence-electron chi connectivity index (χ1n) is 10.1. The summed E-state index contributed by atoms with van der Waals surface area (Å²) in [7, 11) is 0. The maximum atomic E-state index is 12.1. The second-order valence-electron chi connectivity index (χ2n) is 6.59. The predicted molar refractivity (Wildman–Crippen MR) is 120 cm³/mol. The monoisotopic (exact) mass is 442 g/mol. The number of nitrogens with zero attached hydrogens (tertiary/aromatic N) is 2. The van der Waals surface area contributed by atoms with Gasteiger partial charge in [-0.05, 0) is 43.2 Å². The Balaban J connectivity index is 1.38. The van der Waals surface area contributed by atoms with Gasteiger partial charge in [-0.15, -0.1) is 5.10 Å². The first-order valence-corrected chi connectivity index (χ1v) is 11.1. The van der Waals surface area contributed by atoms with Crippen LogP contribution in [0, 0.1) is 0 Å². The van der Waals surface area contributed by atoms with Crippen LogP contribution in [-0.4, -0.2) is 46.2 Å². The van der Waals surface area contributed by atoms with Gasteiger partial charge < -0.3 is 14.8 Å². The topological polar surface area (TPSA) is 98.2 Å². The summed E-state index contributed by atoms with van der Waals surface area (Å²) in [5.41, 5.74) is 0.861. The summed E-state index contributed by atoms with van der Waals surface area (Å²) in [5.74, 6) is 1.52. The van der Waals surface area contributed by atoms with Gasteiger partial charge in [-0.25, -0.2) is 9.89 Å². The van der Waals surface area contributed by atoms with E-state index in [-0.39, 0.29) is 17.3 Å². The highest BCUT2D eigenvalue weighted by molar-refractivity contribution is 7.99. The summed E-state index contributed by atoms with van der Waals surface area (Å²) in [4.78, 5) is 24.1. The van der Waals surface area contributed by atoms with Gasteiger partial charge in [-0.3, -0.25) is 9.36 Å². The van der Waals surface area contributed by atoms with Gasteiger partial charge in [0.25, 0.3) is 0 Å². The van der Waals surface area contributed by atoms with Crippen molar-refractivity contribution in [2.75, 3.05) is 25.5 Å². The molecule has 0 aliphatic heterocycles. The average molecular weight is 443 g/mol. The fourth-order valence-electron chi connectivity index (χ4n) is 2.84. The molecule has 0 aliphatic carbocycles. The zero-order chi connectivity index (χ0) is 21.9. The molecular weight excluding hydrogens is 416 g/mol. The average Bonchev–Trinajstić information content (AvgIpc) is 3.15. The summed E-state index contributed by atoms with van der Waals surface area (Å²) < 4.78 is 12.5. The van der Waals surface area contributed by atoms with E-state index in [9.17, 15) is 9.59 Å². The zero-order valence-corrected chi connectivity index (χ0v) is 18.2. The van der Waals surface area contributed by atoms with E-state index in [2.05, 4.69) is 15.5 Å². The lowest BCUT2D eigenvalue weighted by Gasteiger charge is -2.09. The van der Waals surface area contributed by atoms with Crippen molar-refractivity contribution in [3.63, 3.8) is 0 Å². The van der Waals surface area contributed by atoms with Gasteiger partial charge in [0, 0.05) is 6.54 Å². The van der Waals surface area contributed by atoms with Gasteiger partial charge in [-0.2, -0.15) is 0 Å². The molecule has 0 bridgehead atoms. The molecule has 0 radical (unpaired) electrons. The van der Waals surface area contributed by atoms with Gasteiger partial charge in [0.2, 0.25) is 5.91 Å². The van der Waals surface area contributed by atoms with E-state index >= 15 is 0 Å². The van der Waals surface area contributed by atoms with Crippen molar-refractivity contribution in [1.82, 2.24) is 20.1 Å². The van der Waals surface area contributed by atoms with Crippen LogP contribution in [0.1, 0.15) is 12.5 Å². The minimum Gasteiger partial charge on any atom is -0.494 e. The molecule has 0 fully saturated rings. The number of hydrogen-bond donors (Lipinski definition) is 2. The van der Waals surface area contributed by atoms with Crippen molar-refractivity contribution in [2.45, 2.75) is 25.0 Å². The van der Waals surface area contributed by atoms with Crippen molar-refractivity contribution in [2.24, 2.45) is 0 Å². The van der Waals surface area contributed by atoms with Crippen LogP contribution in [-0.2, 0) is 17.8 Å². The third-order valence-electron chi connectivity index (χ3n) is 4.35. The number of aromatic nitrogens is 3. The van der Waals surface area contributed by atoms with E-state index in [1.807, 2.05) is 61.5 Å². The summed E-state index contributed by atoms with van der Waals surface area (Å²) >= 11 is 1.23. The number of ether oxygens (including phenoxy) is 2. The molecule has 164 valence electrons. The van der Waals surface area contributed by atoms with Gasteiger partial charge in [0.15, 0.2) is 5.16 Å². The molecule has 3 aromatic rings. The quantitative estimate of drug-likeness (QED) is 0.330. The smallest absolute Gasteiger partial charge is 0.343 e. The number of H-pyrrole nitrogens is 1. The molecule has 0 spiro atoms. The first-order chi connectivity index (χ1) is 15.2. The highest BCUT2D eigenvalue weighted by Gasteiger charge is 2.11. The number of aryl methyl sites for hydroxylation is 1. The second-order valence-corrected chi connectivity index (χ2v) is 7.53. The van der Waals surface area contributed by atoms with Crippen LogP contribution in [0.5, 0.6) is 11.5 Å². The van der Waals surface area contributed by atoms with Gasteiger partial charge in [0.05, 0.1) is 18.9 Å². The third kappa shape index (κ3) is 7.21. The summed E-state index contributed by atoms with van der Waals surface area (Å²) in [6.07, 6.45) is 0.711. The molecule has 0 aliphatic rings. The van der Waals surface area contributed by atoms with Crippen LogP contribution in [0.4, 0.5) is 0 Å². The Morgan fingerprint density at radius 2 is 1.81 bits per heavy atom. The lowest BCUT2D eigenvalue weighted by atomic mass is 10.1. The fourth-order valence-corrected chi connectivity index (χ4v) is 3.64. The minimum atomic E-state index is -0.275. The molecule has 3 rings (SSSR count). The molecular formula is C22H26N4O4S. The van der Waals surface area contributed by atoms with Gasteiger partial charge in [-0.1, -0.05) is 42.1 Å². The molecule has 1 heterocycles. The number of aromatic amines is 1. The fraction of sp³-hybridized carbons (Fsp3) is 0.318. The number of thioether (sulfide) groups is 1.